The number of aromatic nitrogens is 3. The molecule has 0 radical (unpaired) electrons. The molecule has 0 spiro atoms. The van der Waals surface area contributed by atoms with E-state index in [1.54, 1.807) is 4.68 Å². The molecule has 0 atom stereocenters. The molecule has 0 aliphatic heterocycles. The zero-order valence-electron chi connectivity index (χ0n) is 8.14. The van der Waals surface area contributed by atoms with E-state index in [0.717, 1.165) is 11.4 Å². The number of rotatable bonds is 1. The molecule has 14 heavy (non-hydrogen) atoms. The van der Waals surface area contributed by atoms with Gasteiger partial charge >= 0.3 is 0 Å². The van der Waals surface area contributed by atoms with Crippen molar-refractivity contribution in [2.24, 2.45) is 14.1 Å². The van der Waals surface area contributed by atoms with E-state index in [1.807, 2.05) is 49.0 Å². The Morgan fingerprint density at radius 2 is 1.93 bits per heavy atom. The molecule has 0 unspecified atom stereocenters. The molecule has 1 heterocycles. The van der Waals surface area contributed by atoms with Crippen molar-refractivity contribution < 1.29 is 4.57 Å². The smallest absolute Gasteiger partial charge is 0.265 e. The number of aryl methyl sites for hydroxylation is 1. The molecule has 4 heteroatoms. The lowest BCUT2D eigenvalue weighted by Gasteiger charge is -1.99. The number of hydrogen-bond donors (Lipinski definition) is 0. The summed E-state index contributed by atoms with van der Waals surface area (Å²) in [6.07, 6.45) is 0. The number of hydrogen-bond acceptors (Lipinski definition) is 2. The van der Waals surface area contributed by atoms with E-state index in [1.165, 1.54) is 0 Å². The summed E-state index contributed by atoms with van der Waals surface area (Å²) in [6.45, 7) is 0. The van der Waals surface area contributed by atoms with E-state index in [4.69, 9.17) is 12.6 Å². The highest BCUT2D eigenvalue weighted by Crippen LogP contribution is 2.13. The van der Waals surface area contributed by atoms with Gasteiger partial charge in [-0.15, -0.1) is 4.68 Å². The summed E-state index contributed by atoms with van der Waals surface area (Å²) in [5, 5.41) is 4.78. The minimum atomic E-state index is 0.603. The Morgan fingerprint density at radius 3 is 2.43 bits per heavy atom. The van der Waals surface area contributed by atoms with Gasteiger partial charge in [0.2, 0.25) is 0 Å². The van der Waals surface area contributed by atoms with Gasteiger partial charge in [0.1, 0.15) is 0 Å². The molecule has 0 amide bonds. The predicted octanol–water partition coefficient (Wildman–Crippen LogP) is 0.817. The number of benzene rings is 1. The Labute approximate surface area is 88.4 Å². The Kier molecular flexibility index (Phi) is 2.21. The maximum Gasteiger partial charge on any atom is 0.265 e. The van der Waals surface area contributed by atoms with E-state index < -0.39 is 0 Å². The molecule has 0 aliphatic rings. The van der Waals surface area contributed by atoms with Crippen LogP contribution in [0.1, 0.15) is 0 Å². The summed E-state index contributed by atoms with van der Waals surface area (Å²) in [7, 11) is 3.83. The second kappa shape index (κ2) is 3.38. The van der Waals surface area contributed by atoms with E-state index >= 15 is 0 Å². The Hall–Kier alpha value is -1.42. The van der Waals surface area contributed by atoms with Crippen LogP contribution in [0.5, 0.6) is 0 Å². The van der Waals surface area contributed by atoms with Crippen LogP contribution in [0.3, 0.4) is 0 Å². The van der Waals surface area contributed by atoms with Crippen molar-refractivity contribution in [2.75, 3.05) is 0 Å². The normalized spacial score (nSPS) is 10.4. The molecule has 0 bridgehead atoms. The second-order valence-corrected chi connectivity index (χ2v) is 3.52. The van der Waals surface area contributed by atoms with Crippen LogP contribution in [-0.4, -0.2) is 9.78 Å². The van der Waals surface area contributed by atoms with Crippen molar-refractivity contribution in [3.63, 3.8) is 0 Å². The Balaban J connectivity index is 2.62. The lowest BCUT2D eigenvalue weighted by atomic mass is 10.2. The van der Waals surface area contributed by atoms with Crippen molar-refractivity contribution in [1.29, 1.82) is 0 Å². The second-order valence-electron chi connectivity index (χ2n) is 3.15. The maximum atomic E-state index is 5.09. The highest BCUT2D eigenvalue weighted by molar-refractivity contribution is 7.58. The third-order valence-electron chi connectivity index (χ3n) is 2.18. The fourth-order valence-corrected chi connectivity index (χ4v) is 1.73. The third kappa shape index (κ3) is 1.37. The first-order valence-electron chi connectivity index (χ1n) is 4.35. The van der Waals surface area contributed by atoms with Crippen LogP contribution < -0.4 is 4.57 Å². The van der Waals surface area contributed by atoms with Gasteiger partial charge in [0.25, 0.3) is 5.82 Å². The zero-order valence-corrected chi connectivity index (χ0v) is 8.95. The van der Waals surface area contributed by atoms with Gasteiger partial charge in [-0.2, -0.15) is 0 Å². The van der Waals surface area contributed by atoms with Crippen molar-refractivity contribution >= 4 is 12.6 Å². The highest BCUT2D eigenvalue weighted by Gasteiger charge is 2.14. The molecule has 0 N–H and O–H groups in total. The quantitative estimate of drug-likeness (QED) is 0.508. The minimum Gasteiger partial charge on any atom is -0.703 e. The van der Waals surface area contributed by atoms with Gasteiger partial charge in [-0.25, -0.2) is 4.57 Å². The molecule has 0 saturated heterocycles. The Bertz CT molecular complexity index is 448. The van der Waals surface area contributed by atoms with E-state index in [-0.39, 0.29) is 0 Å². The van der Waals surface area contributed by atoms with E-state index in [0.29, 0.717) is 5.16 Å². The topological polar surface area (TPSA) is 21.7 Å². The van der Waals surface area contributed by atoms with E-state index in [2.05, 4.69) is 5.10 Å². The molecule has 0 saturated carbocycles. The van der Waals surface area contributed by atoms with Crippen LogP contribution in [0, 0.1) is 0 Å². The van der Waals surface area contributed by atoms with Crippen molar-refractivity contribution in [2.45, 2.75) is 5.16 Å². The predicted molar refractivity (Wildman–Crippen MR) is 55.5 cm³/mol. The third-order valence-corrected chi connectivity index (χ3v) is 2.53. The first kappa shape index (κ1) is 9.15. The average molecular weight is 205 g/mol. The molecule has 0 fully saturated rings. The summed E-state index contributed by atoms with van der Waals surface area (Å²) in [5.74, 6) is 1.02. The molecular weight excluding hydrogens is 194 g/mol. The van der Waals surface area contributed by atoms with Crippen LogP contribution in [-0.2, 0) is 26.7 Å². The van der Waals surface area contributed by atoms with Gasteiger partial charge in [-0.05, 0) is 12.1 Å². The maximum absolute atomic E-state index is 5.09. The average Bonchev–Trinajstić information content (AvgIpc) is 2.43. The Morgan fingerprint density at radius 1 is 1.29 bits per heavy atom. The van der Waals surface area contributed by atoms with Gasteiger partial charge in [0.05, 0.1) is 19.7 Å². The first-order chi connectivity index (χ1) is 6.70. The fourth-order valence-electron chi connectivity index (χ4n) is 1.52. The standard InChI is InChI=1S/C10H11N3S/c1-12-9(13(2)11-10(12)14)8-6-4-3-5-7-8/h3-7H,1-2H3. The van der Waals surface area contributed by atoms with Crippen molar-refractivity contribution in [3.8, 4) is 11.4 Å². The van der Waals surface area contributed by atoms with Crippen molar-refractivity contribution in [1.82, 2.24) is 9.78 Å². The van der Waals surface area contributed by atoms with Crippen molar-refractivity contribution in [3.05, 3.63) is 30.3 Å². The summed E-state index contributed by atoms with van der Waals surface area (Å²) < 4.78 is 3.71. The summed E-state index contributed by atoms with van der Waals surface area (Å²) >= 11 is 5.09. The lowest BCUT2D eigenvalue weighted by Crippen LogP contribution is -2.32. The minimum absolute atomic E-state index is 0.603. The monoisotopic (exact) mass is 205 g/mol. The van der Waals surface area contributed by atoms with Gasteiger partial charge in [0.15, 0.2) is 5.16 Å². The highest BCUT2D eigenvalue weighted by atomic mass is 32.1. The zero-order chi connectivity index (χ0) is 10.1. The van der Waals surface area contributed by atoms with Crippen LogP contribution in [0.15, 0.2) is 35.5 Å². The van der Waals surface area contributed by atoms with Crippen LogP contribution >= 0.6 is 0 Å². The fraction of sp³-hybridized carbons (Fsp3) is 0.200. The van der Waals surface area contributed by atoms with Gasteiger partial charge in [-0.1, -0.05) is 18.2 Å². The lowest BCUT2D eigenvalue weighted by molar-refractivity contribution is -0.698. The van der Waals surface area contributed by atoms with Gasteiger partial charge in [-0.3, -0.25) is 0 Å². The van der Waals surface area contributed by atoms with E-state index in [9.17, 15) is 0 Å². The molecule has 1 aromatic carbocycles. The summed E-state index contributed by atoms with van der Waals surface area (Å²) in [5.41, 5.74) is 1.13. The van der Waals surface area contributed by atoms with Gasteiger partial charge in [0, 0.05) is 5.10 Å². The number of nitrogens with zero attached hydrogens (tertiary/aromatic N) is 3. The molecule has 2 rings (SSSR count). The first-order valence-corrected chi connectivity index (χ1v) is 4.76. The molecule has 72 valence electrons. The molecule has 3 nitrogen and oxygen atoms in total. The molecule has 2 aromatic rings. The molecular formula is C10H11N3S. The van der Waals surface area contributed by atoms with Crippen LogP contribution in [0.2, 0.25) is 0 Å². The SMILES string of the molecule is Cn1nc([S-])[n+](C)c1-c1ccccc1. The summed E-state index contributed by atoms with van der Waals surface area (Å²) in [6, 6.07) is 10.1. The largest absolute Gasteiger partial charge is 0.703 e. The van der Waals surface area contributed by atoms with Crippen LogP contribution in [0.25, 0.3) is 11.4 Å². The molecule has 0 aliphatic carbocycles. The summed E-state index contributed by atoms with van der Waals surface area (Å²) in [4.78, 5) is 0. The molecule has 1 aromatic heterocycles. The van der Waals surface area contributed by atoms with Gasteiger partial charge < -0.3 is 12.6 Å². The van der Waals surface area contributed by atoms with Crippen LogP contribution in [0.4, 0.5) is 0 Å².